The first kappa shape index (κ1) is 35.1. The van der Waals surface area contributed by atoms with E-state index in [-0.39, 0.29) is 37.9 Å². The van der Waals surface area contributed by atoms with Gasteiger partial charge in [0.2, 0.25) is 23.6 Å². The van der Waals surface area contributed by atoms with Crippen molar-refractivity contribution in [3.63, 3.8) is 0 Å². The van der Waals surface area contributed by atoms with Gasteiger partial charge >= 0.3 is 0 Å². The van der Waals surface area contributed by atoms with Crippen molar-refractivity contribution in [2.24, 2.45) is 17.2 Å². The number of carbonyl (C=O) groups is 4. The Kier molecular flexibility index (Phi) is 13.9. The van der Waals surface area contributed by atoms with Crippen LogP contribution in [0.1, 0.15) is 38.7 Å². The van der Waals surface area contributed by atoms with Crippen LogP contribution in [-0.4, -0.2) is 89.3 Å². The Balaban J connectivity index is 1.75. The standard InChI is InChI=1S/C33H46N8O4/c1-3-18-41(33(45)27(36)22-30(42)40(19-15-34)20-16-35)23(2)31(43)39-29(13-11-24-8-5-4-6-9-24)32(44)38-26-12-14-28-25(21-26)10-7-17-37-28/h4-10,12,14,17,21,23,27,29H,3,11,13,15-16,18-20,22,34-36H2,1-2H3,(H,38,44)(H,39,43). The third-order valence-electron chi connectivity index (χ3n) is 7.53. The number of anilines is 1. The average Bonchev–Trinajstić information content (AvgIpc) is 3.04. The smallest absolute Gasteiger partial charge is 0.246 e. The number of nitrogens with one attached hydrogen (secondary N) is 2. The van der Waals surface area contributed by atoms with Crippen LogP contribution in [0.15, 0.2) is 66.9 Å². The van der Waals surface area contributed by atoms with Crippen LogP contribution in [0.4, 0.5) is 5.69 Å². The van der Waals surface area contributed by atoms with E-state index in [2.05, 4.69) is 15.6 Å². The first-order valence-corrected chi connectivity index (χ1v) is 15.4. The van der Waals surface area contributed by atoms with Crippen molar-refractivity contribution in [1.29, 1.82) is 0 Å². The molecule has 0 aliphatic heterocycles. The molecule has 12 nitrogen and oxygen atoms in total. The van der Waals surface area contributed by atoms with E-state index in [9.17, 15) is 19.2 Å². The predicted molar refractivity (Wildman–Crippen MR) is 176 cm³/mol. The fourth-order valence-electron chi connectivity index (χ4n) is 5.07. The molecule has 2 aromatic carbocycles. The lowest BCUT2D eigenvalue weighted by atomic mass is 10.0. The summed E-state index contributed by atoms with van der Waals surface area (Å²) in [4.78, 5) is 60.6. The lowest BCUT2D eigenvalue weighted by Crippen LogP contribution is -2.56. The van der Waals surface area contributed by atoms with Crippen LogP contribution >= 0.6 is 0 Å². The van der Waals surface area contributed by atoms with Crippen LogP contribution in [0.3, 0.4) is 0 Å². The fraction of sp³-hybridized carbons (Fsp3) is 0.424. The van der Waals surface area contributed by atoms with E-state index >= 15 is 0 Å². The summed E-state index contributed by atoms with van der Waals surface area (Å²) in [6.07, 6.45) is 2.90. The minimum atomic E-state index is -1.16. The molecule has 1 heterocycles. The summed E-state index contributed by atoms with van der Waals surface area (Å²) in [5.41, 5.74) is 19.8. The molecule has 8 N–H and O–H groups in total. The Hall–Kier alpha value is -4.39. The van der Waals surface area contributed by atoms with Gasteiger partial charge in [0.25, 0.3) is 0 Å². The molecule has 3 aromatic rings. The molecule has 45 heavy (non-hydrogen) atoms. The van der Waals surface area contributed by atoms with E-state index in [0.29, 0.717) is 38.0 Å². The van der Waals surface area contributed by atoms with Crippen LogP contribution in [0.5, 0.6) is 0 Å². The maximum absolute atomic E-state index is 13.6. The zero-order chi connectivity index (χ0) is 32.8. The molecule has 0 fully saturated rings. The number of nitrogens with two attached hydrogens (primary N) is 3. The van der Waals surface area contributed by atoms with E-state index in [1.54, 1.807) is 19.2 Å². The van der Waals surface area contributed by atoms with Crippen molar-refractivity contribution in [3.05, 3.63) is 72.4 Å². The molecule has 0 spiro atoms. The molecule has 0 saturated heterocycles. The van der Waals surface area contributed by atoms with Gasteiger partial charge in [0.1, 0.15) is 12.1 Å². The maximum Gasteiger partial charge on any atom is 0.246 e. The van der Waals surface area contributed by atoms with Gasteiger partial charge in [0.05, 0.1) is 18.0 Å². The van der Waals surface area contributed by atoms with E-state index in [1.165, 1.54) is 9.80 Å². The van der Waals surface area contributed by atoms with Crippen LogP contribution in [0, 0.1) is 0 Å². The van der Waals surface area contributed by atoms with Crippen LogP contribution < -0.4 is 27.8 Å². The second-order valence-electron chi connectivity index (χ2n) is 11.0. The van der Waals surface area contributed by atoms with Gasteiger partial charge in [-0.05, 0) is 56.0 Å². The van der Waals surface area contributed by atoms with Gasteiger partial charge in [0.15, 0.2) is 0 Å². The molecule has 0 aliphatic carbocycles. The average molecular weight is 619 g/mol. The molecule has 242 valence electrons. The second-order valence-corrected chi connectivity index (χ2v) is 11.0. The number of benzene rings is 2. The fourth-order valence-corrected chi connectivity index (χ4v) is 5.07. The highest BCUT2D eigenvalue weighted by atomic mass is 16.2. The number of fused-ring (bicyclic) bond motifs is 1. The number of amides is 4. The van der Waals surface area contributed by atoms with Crippen molar-refractivity contribution in [3.8, 4) is 0 Å². The van der Waals surface area contributed by atoms with Crippen LogP contribution in [0.2, 0.25) is 0 Å². The van der Waals surface area contributed by atoms with E-state index in [4.69, 9.17) is 17.2 Å². The third-order valence-corrected chi connectivity index (χ3v) is 7.53. The summed E-state index contributed by atoms with van der Waals surface area (Å²) in [5, 5.41) is 6.66. The molecule has 3 atom stereocenters. The number of pyridine rings is 1. The highest BCUT2D eigenvalue weighted by Crippen LogP contribution is 2.18. The molecular formula is C33H46N8O4. The lowest BCUT2D eigenvalue weighted by Gasteiger charge is -2.32. The normalized spacial score (nSPS) is 13.0. The summed E-state index contributed by atoms with van der Waals surface area (Å²) in [7, 11) is 0. The number of aryl methyl sites for hydroxylation is 1. The Bertz CT molecular complexity index is 1410. The summed E-state index contributed by atoms with van der Waals surface area (Å²) in [5.74, 6) is -1.74. The number of nitrogens with zero attached hydrogens (tertiary/aromatic N) is 3. The summed E-state index contributed by atoms with van der Waals surface area (Å²) < 4.78 is 0. The van der Waals surface area contributed by atoms with Gasteiger partial charge < -0.3 is 37.6 Å². The van der Waals surface area contributed by atoms with Gasteiger partial charge in [-0.25, -0.2) is 0 Å². The predicted octanol–water partition coefficient (Wildman–Crippen LogP) is 1.38. The SMILES string of the molecule is CCCN(C(=O)C(N)CC(=O)N(CCN)CCN)C(C)C(=O)NC(CCc1ccccc1)C(=O)Nc1ccc2ncccc2c1. The van der Waals surface area contributed by atoms with Crippen molar-refractivity contribution in [2.75, 3.05) is 38.0 Å². The lowest BCUT2D eigenvalue weighted by molar-refractivity contribution is -0.143. The quantitative estimate of drug-likeness (QED) is 0.150. The summed E-state index contributed by atoms with van der Waals surface area (Å²) in [6.45, 7) is 4.83. The summed E-state index contributed by atoms with van der Waals surface area (Å²) >= 11 is 0. The minimum Gasteiger partial charge on any atom is -0.342 e. The molecule has 0 aliphatic rings. The molecule has 1 aromatic heterocycles. The van der Waals surface area contributed by atoms with E-state index in [0.717, 1.165) is 16.5 Å². The monoisotopic (exact) mass is 618 g/mol. The molecule has 0 radical (unpaired) electrons. The Morgan fingerprint density at radius 1 is 0.911 bits per heavy atom. The van der Waals surface area contributed by atoms with Gasteiger partial charge in [-0.15, -0.1) is 0 Å². The summed E-state index contributed by atoms with van der Waals surface area (Å²) in [6, 6.07) is 15.8. The molecule has 3 rings (SSSR count). The Morgan fingerprint density at radius 3 is 2.29 bits per heavy atom. The second kappa shape index (κ2) is 17.8. The highest BCUT2D eigenvalue weighted by Gasteiger charge is 2.32. The van der Waals surface area contributed by atoms with Gasteiger partial charge in [0, 0.05) is 50.0 Å². The minimum absolute atomic E-state index is 0.239. The van der Waals surface area contributed by atoms with Crippen molar-refractivity contribution < 1.29 is 19.2 Å². The van der Waals surface area contributed by atoms with Gasteiger partial charge in [-0.1, -0.05) is 43.3 Å². The first-order valence-electron chi connectivity index (χ1n) is 15.4. The number of hydrogen-bond acceptors (Lipinski definition) is 8. The van der Waals surface area contributed by atoms with E-state index in [1.807, 2.05) is 61.5 Å². The largest absolute Gasteiger partial charge is 0.342 e. The van der Waals surface area contributed by atoms with Crippen molar-refractivity contribution in [1.82, 2.24) is 20.1 Å². The van der Waals surface area contributed by atoms with Crippen LogP contribution in [0.25, 0.3) is 10.9 Å². The highest BCUT2D eigenvalue weighted by molar-refractivity contribution is 6.00. The molecule has 12 heteroatoms. The molecule has 3 unspecified atom stereocenters. The van der Waals surface area contributed by atoms with Gasteiger partial charge in [-0.2, -0.15) is 0 Å². The first-order chi connectivity index (χ1) is 21.7. The van der Waals surface area contributed by atoms with Crippen LogP contribution in [-0.2, 0) is 25.6 Å². The number of hydrogen-bond donors (Lipinski definition) is 5. The molecule has 0 saturated carbocycles. The van der Waals surface area contributed by atoms with E-state index < -0.39 is 29.9 Å². The number of aromatic nitrogens is 1. The zero-order valence-electron chi connectivity index (χ0n) is 26.2. The number of carbonyl (C=O) groups excluding carboxylic acids is 4. The van der Waals surface area contributed by atoms with Gasteiger partial charge in [-0.3, -0.25) is 24.2 Å². The Labute approximate surface area is 264 Å². The van der Waals surface area contributed by atoms with Crippen molar-refractivity contribution in [2.45, 2.75) is 57.7 Å². The molecule has 4 amide bonds. The third kappa shape index (κ3) is 10.3. The Morgan fingerprint density at radius 2 is 1.62 bits per heavy atom. The maximum atomic E-state index is 13.6. The topological polar surface area (TPSA) is 190 Å². The van der Waals surface area contributed by atoms with Crippen molar-refractivity contribution >= 4 is 40.2 Å². The molecular weight excluding hydrogens is 572 g/mol. The molecule has 0 bridgehead atoms. The zero-order valence-corrected chi connectivity index (χ0v) is 26.2. The number of rotatable bonds is 17.